The van der Waals surface area contributed by atoms with Gasteiger partial charge in [-0.2, -0.15) is 0 Å². The fourth-order valence-electron chi connectivity index (χ4n) is 6.24. The van der Waals surface area contributed by atoms with Gasteiger partial charge in [-0.1, -0.05) is 93.6 Å². The van der Waals surface area contributed by atoms with Gasteiger partial charge in [-0.15, -0.1) is 0 Å². The molecule has 31 heavy (non-hydrogen) atoms. The first kappa shape index (κ1) is 22.6. The highest BCUT2D eigenvalue weighted by Gasteiger charge is 2.44. The summed E-state index contributed by atoms with van der Waals surface area (Å²) in [6.45, 7) is 4.78. The van der Waals surface area contributed by atoms with E-state index in [2.05, 4.69) is 68.4 Å². The van der Waals surface area contributed by atoms with Crippen molar-refractivity contribution in [3.05, 3.63) is 70.7 Å². The van der Waals surface area contributed by atoms with E-state index in [0.717, 1.165) is 11.4 Å². The van der Waals surface area contributed by atoms with Crippen LogP contribution < -0.4 is 0 Å². The molecule has 2 aliphatic rings. The van der Waals surface area contributed by atoms with Crippen molar-refractivity contribution in [3.8, 4) is 0 Å². The van der Waals surface area contributed by atoms with Crippen LogP contribution in [0.1, 0.15) is 95.1 Å². The van der Waals surface area contributed by atoms with E-state index in [0.29, 0.717) is 17.9 Å². The largest absolute Gasteiger partial charge is 0.290 e. The Labute approximate surface area is 194 Å². The first-order valence-corrected chi connectivity index (χ1v) is 12.9. The minimum absolute atomic E-state index is 0.257. The summed E-state index contributed by atoms with van der Waals surface area (Å²) >= 11 is 6.22. The lowest BCUT2D eigenvalue weighted by Gasteiger charge is -2.42. The van der Waals surface area contributed by atoms with Crippen molar-refractivity contribution in [1.29, 1.82) is 0 Å². The zero-order chi connectivity index (χ0) is 21.7. The molecule has 2 aromatic carbocycles. The lowest BCUT2D eigenvalue weighted by Crippen LogP contribution is -2.40. The summed E-state index contributed by atoms with van der Waals surface area (Å²) in [5, 5.41) is 0.837. The molecule has 0 N–H and O–H groups in total. The summed E-state index contributed by atoms with van der Waals surface area (Å²) in [7, 11) is 0. The predicted molar refractivity (Wildman–Crippen MR) is 135 cm³/mol. The average molecular weight is 436 g/mol. The van der Waals surface area contributed by atoms with E-state index in [4.69, 9.17) is 16.6 Å². The summed E-state index contributed by atoms with van der Waals surface area (Å²) < 4.78 is 0. The molecule has 4 rings (SSSR count). The minimum atomic E-state index is 0.257. The Hall–Kier alpha value is -1.60. The van der Waals surface area contributed by atoms with Crippen LogP contribution in [0, 0.1) is 5.92 Å². The molecular formula is C29H38ClN. The molecule has 1 nitrogen and oxygen atoms in total. The molecule has 3 unspecified atom stereocenters. The van der Waals surface area contributed by atoms with Gasteiger partial charge in [-0.3, -0.25) is 4.99 Å². The second kappa shape index (κ2) is 10.3. The standard InChI is InChI=1S/C29H38ClN/c1-3-4-6-13-28-26(23-11-7-5-8-12-23)18-19-27(31-28)22(2)29(20-9-10-21-29)24-14-16-25(30)17-15-24/h5,7-8,11-12,14-17,22,26-27H,3-4,6,9-10,13,18-21H2,1-2H3. The van der Waals surface area contributed by atoms with Crippen molar-refractivity contribution >= 4 is 17.3 Å². The zero-order valence-corrected chi connectivity index (χ0v) is 20.1. The number of benzene rings is 2. The highest BCUT2D eigenvalue weighted by atomic mass is 35.5. The molecule has 166 valence electrons. The number of nitrogens with zero attached hydrogens (tertiary/aromatic N) is 1. The van der Waals surface area contributed by atoms with Crippen molar-refractivity contribution in [1.82, 2.24) is 0 Å². The van der Waals surface area contributed by atoms with Crippen LogP contribution in [0.4, 0.5) is 0 Å². The van der Waals surface area contributed by atoms with E-state index in [1.54, 1.807) is 0 Å². The van der Waals surface area contributed by atoms with Gasteiger partial charge >= 0.3 is 0 Å². The number of rotatable bonds is 8. The van der Waals surface area contributed by atoms with Crippen molar-refractivity contribution in [2.45, 2.75) is 95.4 Å². The fourth-order valence-corrected chi connectivity index (χ4v) is 6.36. The summed E-state index contributed by atoms with van der Waals surface area (Å²) in [6, 6.07) is 20.3. The van der Waals surface area contributed by atoms with Gasteiger partial charge in [0.25, 0.3) is 0 Å². The van der Waals surface area contributed by atoms with Gasteiger partial charge in [0.15, 0.2) is 0 Å². The van der Waals surface area contributed by atoms with Crippen LogP contribution in [0.25, 0.3) is 0 Å². The maximum Gasteiger partial charge on any atom is 0.0533 e. The normalized spacial score (nSPS) is 24.0. The molecule has 1 heterocycles. The Bertz CT molecular complexity index is 848. The quantitative estimate of drug-likeness (QED) is 0.367. The van der Waals surface area contributed by atoms with Gasteiger partial charge in [0.05, 0.1) is 6.04 Å². The molecule has 0 bridgehead atoms. The first-order chi connectivity index (χ1) is 15.1. The van der Waals surface area contributed by atoms with Gasteiger partial charge < -0.3 is 0 Å². The molecule has 1 aliphatic heterocycles. The fraction of sp³-hybridized carbons (Fsp3) is 0.552. The van der Waals surface area contributed by atoms with Crippen LogP contribution in [0.2, 0.25) is 5.02 Å². The lowest BCUT2D eigenvalue weighted by molar-refractivity contribution is 0.235. The number of hydrogen-bond acceptors (Lipinski definition) is 1. The van der Waals surface area contributed by atoms with E-state index < -0.39 is 0 Å². The second-order valence-corrected chi connectivity index (χ2v) is 10.3. The van der Waals surface area contributed by atoms with Gasteiger partial charge in [-0.05, 0) is 73.1 Å². The van der Waals surface area contributed by atoms with Crippen LogP contribution in [0.3, 0.4) is 0 Å². The molecule has 0 saturated heterocycles. The van der Waals surface area contributed by atoms with Gasteiger partial charge in [0.2, 0.25) is 0 Å². The average Bonchev–Trinajstić information content (AvgIpc) is 3.31. The lowest BCUT2D eigenvalue weighted by atomic mass is 9.65. The third kappa shape index (κ3) is 4.92. The molecule has 1 saturated carbocycles. The van der Waals surface area contributed by atoms with Crippen LogP contribution in [-0.4, -0.2) is 11.8 Å². The van der Waals surface area contributed by atoms with Crippen LogP contribution in [0.5, 0.6) is 0 Å². The van der Waals surface area contributed by atoms with E-state index in [-0.39, 0.29) is 5.41 Å². The molecule has 1 aliphatic carbocycles. The first-order valence-electron chi connectivity index (χ1n) is 12.5. The molecule has 2 aromatic rings. The summed E-state index contributed by atoms with van der Waals surface area (Å²) in [5.41, 5.74) is 4.66. The third-order valence-electron chi connectivity index (χ3n) is 8.09. The third-order valence-corrected chi connectivity index (χ3v) is 8.34. The monoisotopic (exact) mass is 435 g/mol. The summed E-state index contributed by atoms with van der Waals surface area (Å²) in [6.07, 6.45) is 12.7. The maximum atomic E-state index is 6.22. The van der Waals surface area contributed by atoms with Crippen molar-refractivity contribution in [3.63, 3.8) is 0 Å². The number of halogens is 1. The smallest absolute Gasteiger partial charge is 0.0533 e. The van der Waals surface area contributed by atoms with Crippen molar-refractivity contribution in [2.24, 2.45) is 10.9 Å². The Kier molecular flexibility index (Phi) is 7.54. The highest BCUT2D eigenvalue weighted by Crippen LogP contribution is 2.50. The molecule has 1 fully saturated rings. The van der Waals surface area contributed by atoms with Crippen molar-refractivity contribution < 1.29 is 0 Å². The Morgan fingerprint density at radius 1 is 0.968 bits per heavy atom. The Morgan fingerprint density at radius 2 is 1.68 bits per heavy atom. The topological polar surface area (TPSA) is 12.4 Å². The van der Waals surface area contributed by atoms with Gasteiger partial charge in [0, 0.05) is 16.7 Å². The summed E-state index contributed by atoms with van der Waals surface area (Å²) in [4.78, 5) is 5.53. The number of hydrogen-bond donors (Lipinski definition) is 0. The van der Waals surface area contributed by atoms with E-state index in [1.165, 1.54) is 74.6 Å². The number of unbranched alkanes of at least 4 members (excludes halogenated alkanes) is 2. The highest BCUT2D eigenvalue weighted by molar-refractivity contribution is 6.30. The summed E-state index contributed by atoms with van der Waals surface area (Å²) in [5.74, 6) is 1.07. The SMILES string of the molecule is CCCCCC1=NC(C(C)C2(c3ccc(Cl)cc3)CCCC2)CCC1c1ccccc1. The van der Waals surface area contributed by atoms with E-state index in [9.17, 15) is 0 Å². The molecule has 3 atom stereocenters. The minimum Gasteiger partial charge on any atom is -0.290 e. The van der Waals surface area contributed by atoms with Crippen LogP contribution >= 0.6 is 11.6 Å². The molecule has 0 spiro atoms. The number of aliphatic imine (C=N–C) groups is 1. The molecule has 0 aromatic heterocycles. The van der Waals surface area contributed by atoms with E-state index in [1.807, 2.05) is 0 Å². The molecule has 2 heteroatoms. The van der Waals surface area contributed by atoms with Crippen LogP contribution in [0.15, 0.2) is 59.6 Å². The van der Waals surface area contributed by atoms with Crippen molar-refractivity contribution in [2.75, 3.05) is 0 Å². The van der Waals surface area contributed by atoms with Gasteiger partial charge in [-0.25, -0.2) is 0 Å². The molecule has 0 amide bonds. The second-order valence-electron chi connectivity index (χ2n) is 9.84. The predicted octanol–water partition coefficient (Wildman–Crippen LogP) is 8.76. The maximum absolute atomic E-state index is 6.22. The Balaban J connectivity index is 1.62. The van der Waals surface area contributed by atoms with E-state index >= 15 is 0 Å². The zero-order valence-electron chi connectivity index (χ0n) is 19.3. The van der Waals surface area contributed by atoms with Crippen LogP contribution in [-0.2, 0) is 5.41 Å². The Morgan fingerprint density at radius 3 is 2.35 bits per heavy atom. The van der Waals surface area contributed by atoms with Gasteiger partial charge in [0.1, 0.15) is 0 Å². The molecule has 0 radical (unpaired) electrons. The molecular weight excluding hydrogens is 398 g/mol.